The minimum atomic E-state index is 0.870. The van der Waals surface area contributed by atoms with E-state index < -0.39 is 0 Å². The summed E-state index contributed by atoms with van der Waals surface area (Å²) in [6, 6.07) is 61.8. The molecular weight excluding hydrogens is 599 g/mol. The Labute approximate surface area is 283 Å². The molecule has 0 saturated carbocycles. The van der Waals surface area contributed by atoms with Crippen LogP contribution < -0.4 is 9.64 Å². The van der Waals surface area contributed by atoms with Gasteiger partial charge in [0.15, 0.2) is 5.58 Å². The summed E-state index contributed by atoms with van der Waals surface area (Å²) in [5.41, 5.74) is 11.8. The Bertz CT molecular complexity index is 2670. The maximum Gasteiger partial charge on any atom is 0.159 e. The summed E-state index contributed by atoms with van der Waals surface area (Å²) in [6.45, 7) is 0. The lowest BCUT2D eigenvalue weighted by Crippen LogP contribution is -2.10. The van der Waals surface area contributed by atoms with Crippen LogP contribution in [0.4, 0.5) is 17.1 Å². The van der Waals surface area contributed by atoms with Crippen molar-refractivity contribution in [3.05, 3.63) is 176 Å². The van der Waals surface area contributed by atoms with Crippen LogP contribution in [0.5, 0.6) is 11.5 Å². The first-order valence-electron chi connectivity index (χ1n) is 16.6. The van der Waals surface area contributed by atoms with Gasteiger partial charge in [0.2, 0.25) is 0 Å². The highest BCUT2D eigenvalue weighted by Gasteiger charge is 2.23. The molecule has 0 unspecified atom stereocenters. The molecule has 0 spiro atoms. The molecule has 0 bridgehead atoms. The molecule has 3 nitrogen and oxygen atoms in total. The smallest absolute Gasteiger partial charge is 0.159 e. The summed E-state index contributed by atoms with van der Waals surface area (Å²) >= 11 is 0. The largest absolute Gasteiger partial charge is 0.456 e. The summed E-state index contributed by atoms with van der Waals surface area (Å²) in [5.74, 6) is 1.76. The second-order valence-electron chi connectivity index (χ2n) is 12.5. The molecule has 0 fully saturated rings. The van der Waals surface area contributed by atoms with Crippen molar-refractivity contribution < 1.29 is 9.15 Å². The number of anilines is 3. The summed E-state index contributed by atoms with van der Waals surface area (Å²) in [6.07, 6.45) is 0. The van der Waals surface area contributed by atoms with E-state index in [-0.39, 0.29) is 0 Å². The van der Waals surface area contributed by atoms with Crippen molar-refractivity contribution >= 4 is 49.8 Å². The summed E-state index contributed by atoms with van der Waals surface area (Å²) in [5, 5.41) is 4.59. The van der Waals surface area contributed by atoms with Crippen molar-refractivity contribution in [2.24, 2.45) is 0 Å². The third kappa shape index (κ3) is 4.44. The molecule has 9 aromatic rings. The Morgan fingerprint density at radius 3 is 1.92 bits per heavy atom. The fraction of sp³-hybridized carbons (Fsp3) is 0. The predicted molar refractivity (Wildman–Crippen MR) is 202 cm³/mol. The molecule has 0 atom stereocenters. The lowest BCUT2D eigenvalue weighted by molar-refractivity contribution is 0.487. The van der Waals surface area contributed by atoms with Crippen molar-refractivity contribution in [1.29, 1.82) is 0 Å². The van der Waals surface area contributed by atoms with Gasteiger partial charge in [-0.1, -0.05) is 121 Å². The molecule has 2 heterocycles. The normalized spacial score (nSPS) is 11.8. The van der Waals surface area contributed by atoms with Crippen LogP contribution in [-0.4, -0.2) is 0 Å². The molecule has 1 aromatic heterocycles. The summed E-state index contributed by atoms with van der Waals surface area (Å²) in [7, 11) is 0. The SMILES string of the molecule is c1ccc(-c2ccc3c4c(cccc24)-c2ccc(-c4ccc(N(c5ccccc5)c5cccc6c5oc5ccccc56)cc4)cc2O3)cc1. The minimum absolute atomic E-state index is 0.870. The van der Waals surface area contributed by atoms with Crippen LogP contribution in [0.3, 0.4) is 0 Å². The van der Waals surface area contributed by atoms with Gasteiger partial charge < -0.3 is 14.1 Å². The molecule has 49 heavy (non-hydrogen) atoms. The number of para-hydroxylation sites is 3. The fourth-order valence-corrected chi connectivity index (χ4v) is 7.40. The highest BCUT2D eigenvalue weighted by molar-refractivity contribution is 6.11. The van der Waals surface area contributed by atoms with E-state index in [9.17, 15) is 0 Å². The molecule has 0 N–H and O–H groups in total. The average Bonchev–Trinajstić information content (AvgIpc) is 3.56. The van der Waals surface area contributed by atoms with Crippen LogP contribution in [0.25, 0.3) is 66.1 Å². The fourth-order valence-electron chi connectivity index (χ4n) is 7.40. The van der Waals surface area contributed by atoms with Crippen molar-refractivity contribution in [1.82, 2.24) is 0 Å². The Kier molecular flexibility index (Phi) is 6.18. The first-order chi connectivity index (χ1) is 24.3. The topological polar surface area (TPSA) is 25.6 Å². The molecule has 1 aliphatic rings. The molecule has 230 valence electrons. The third-order valence-electron chi connectivity index (χ3n) is 9.68. The lowest BCUT2D eigenvalue weighted by Gasteiger charge is -2.26. The highest BCUT2D eigenvalue weighted by Crippen LogP contribution is 2.50. The molecule has 8 aromatic carbocycles. The van der Waals surface area contributed by atoms with E-state index in [4.69, 9.17) is 9.15 Å². The Morgan fingerprint density at radius 2 is 1.06 bits per heavy atom. The van der Waals surface area contributed by atoms with E-state index in [2.05, 4.69) is 163 Å². The van der Waals surface area contributed by atoms with E-state index in [0.29, 0.717) is 0 Å². The van der Waals surface area contributed by atoms with E-state index in [0.717, 1.165) is 72.6 Å². The first kappa shape index (κ1) is 27.5. The van der Waals surface area contributed by atoms with Crippen LogP contribution in [0.15, 0.2) is 180 Å². The zero-order valence-electron chi connectivity index (χ0n) is 26.5. The number of furan rings is 1. The summed E-state index contributed by atoms with van der Waals surface area (Å²) in [4.78, 5) is 2.27. The van der Waals surface area contributed by atoms with Crippen LogP contribution >= 0.6 is 0 Å². The maximum absolute atomic E-state index is 6.63. The highest BCUT2D eigenvalue weighted by atomic mass is 16.5. The van der Waals surface area contributed by atoms with E-state index in [1.165, 1.54) is 22.1 Å². The molecule has 10 rings (SSSR count). The molecule has 0 saturated heterocycles. The number of nitrogens with zero attached hydrogens (tertiary/aromatic N) is 1. The number of hydrogen-bond acceptors (Lipinski definition) is 3. The number of ether oxygens (including phenoxy) is 1. The molecule has 1 aliphatic heterocycles. The second kappa shape index (κ2) is 11.0. The van der Waals surface area contributed by atoms with Crippen LogP contribution in [0.2, 0.25) is 0 Å². The van der Waals surface area contributed by atoms with Crippen molar-refractivity contribution in [2.45, 2.75) is 0 Å². The molecule has 0 radical (unpaired) electrons. The van der Waals surface area contributed by atoms with Gasteiger partial charge in [-0.15, -0.1) is 0 Å². The number of hydrogen-bond donors (Lipinski definition) is 0. The van der Waals surface area contributed by atoms with Crippen LogP contribution in [-0.2, 0) is 0 Å². The van der Waals surface area contributed by atoms with Gasteiger partial charge in [-0.3, -0.25) is 0 Å². The third-order valence-corrected chi connectivity index (χ3v) is 9.68. The van der Waals surface area contributed by atoms with Crippen LogP contribution in [0.1, 0.15) is 0 Å². The van der Waals surface area contributed by atoms with Crippen molar-refractivity contribution in [3.63, 3.8) is 0 Å². The van der Waals surface area contributed by atoms with E-state index in [1.807, 2.05) is 18.2 Å². The molecular formula is C46H29NO2. The zero-order valence-corrected chi connectivity index (χ0v) is 26.5. The number of benzene rings is 8. The number of rotatable bonds is 5. The maximum atomic E-state index is 6.63. The Morgan fingerprint density at radius 1 is 0.388 bits per heavy atom. The molecule has 0 aliphatic carbocycles. The predicted octanol–water partition coefficient (Wildman–Crippen LogP) is 13.3. The van der Waals surface area contributed by atoms with Gasteiger partial charge in [0.1, 0.15) is 17.1 Å². The van der Waals surface area contributed by atoms with Crippen LogP contribution in [0, 0.1) is 0 Å². The molecule has 0 amide bonds. The van der Waals surface area contributed by atoms with Gasteiger partial charge in [0, 0.05) is 33.1 Å². The van der Waals surface area contributed by atoms with Gasteiger partial charge >= 0.3 is 0 Å². The average molecular weight is 628 g/mol. The van der Waals surface area contributed by atoms with Crippen molar-refractivity contribution in [2.75, 3.05) is 4.90 Å². The monoisotopic (exact) mass is 627 g/mol. The standard InChI is InChI=1S/C46H29NO2/c1-3-11-31(12-4-1)35-27-28-43-45-38(35)16-9-17-39(45)37-26-23-32(29-44(37)48-43)30-21-24-34(25-22-30)47(33-13-5-2-6-14-33)41-19-10-18-40-36-15-7-8-20-42(36)49-46(40)41/h1-29H. The van der Waals surface area contributed by atoms with Gasteiger partial charge in [-0.05, 0) is 87.8 Å². The van der Waals surface area contributed by atoms with Gasteiger partial charge in [0.25, 0.3) is 0 Å². The second-order valence-corrected chi connectivity index (χ2v) is 12.5. The Hall–Kier alpha value is -6.58. The zero-order chi connectivity index (χ0) is 32.3. The van der Waals surface area contributed by atoms with Gasteiger partial charge in [-0.25, -0.2) is 0 Å². The quantitative estimate of drug-likeness (QED) is 0.190. The first-order valence-corrected chi connectivity index (χ1v) is 16.6. The van der Waals surface area contributed by atoms with E-state index >= 15 is 0 Å². The summed E-state index contributed by atoms with van der Waals surface area (Å²) < 4.78 is 13.1. The molecule has 3 heteroatoms. The lowest BCUT2D eigenvalue weighted by atomic mass is 9.89. The van der Waals surface area contributed by atoms with Gasteiger partial charge in [-0.2, -0.15) is 0 Å². The van der Waals surface area contributed by atoms with E-state index in [1.54, 1.807) is 0 Å². The Balaban J connectivity index is 1.04. The minimum Gasteiger partial charge on any atom is -0.456 e. The van der Waals surface area contributed by atoms with Gasteiger partial charge in [0.05, 0.1) is 5.69 Å². The van der Waals surface area contributed by atoms with Crippen molar-refractivity contribution in [3.8, 4) is 44.9 Å². The number of fused-ring (bicyclic) bond motifs is 5.